The van der Waals surface area contributed by atoms with Crippen LogP contribution in [0.1, 0.15) is 34.3 Å². The van der Waals surface area contributed by atoms with Crippen molar-refractivity contribution in [3.8, 4) is 0 Å². The van der Waals surface area contributed by atoms with Gasteiger partial charge >= 0.3 is 5.97 Å². The minimum Gasteiger partial charge on any atom is -0.478 e. The Balaban J connectivity index is 1.69. The number of benzene rings is 2. The number of nitrogens with one attached hydrogen (secondary N) is 1. The summed E-state index contributed by atoms with van der Waals surface area (Å²) >= 11 is 2.01. The minimum absolute atomic E-state index is 0.0533. The maximum absolute atomic E-state index is 11.5. The predicted molar refractivity (Wildman–Crippen MR) is 107 cm³/mol. The van der Waals surface area contributed by atoms with Crippen LogP contribution in [0.3, 0.4) is 0 Å². The molecular weight excluding hydrogens is 344 g/mol. The lowest BCUT2D eigenvalue weighted by atomic mass is 9.73. The van der Waals surface area contributed by atoms with Gasteiger partial charge in [0.05, 0.1) is 12.1 Å². The minimum atomic E-state index is -0.897. The summed E-state index contributed by atoms with van der Waals surface area (Å²) in [6.45, 7) is 0.391. The van der Waals surface area contributed by atoms with Gasteiger partial charge in [-0.15, -0.1) is 0 Å². The second-order valence-corrected chi connectivity index (χ2v) is 8.20. The van der Waals surface area contributed by atoms with E-state index in [2.05, 4.69) is 23.5 Å². The van der Waals surface area contributed by atoms with E-state index < -0.39 is 5.97 Å². The molecule has 4 nitrogen and oxygen atoms in total. The van der Waals surface area contributed by atoms with Crippen molar-refractivity contribution in [3.63, 3.8) is 0 Å². The van der Waals surface area contributed by atoms with Crippen molar-refractivity contribution in [1.29, 1.82) is 0 Å². The van der Waals surface area contributed by atoms with E-state index in [4.69, 9.17) is 4.99 Å². The summed E-state index contributed by atoms with van der Waals surface area (Å²) in [5, 5.41) is 13.0. The largest absolute Gasteiger partial charge is 0.478 e. The smallest absolute Gasteiger partial charge is 0.336 e. The van der Waals surface area contributed by atoms with Gasteiger partial charge in [0.2, 0.25) is 0 Å². The highest BCUT2D eigenvalue weighted by Crippen LogP contribution is 2.44. The number of nitrogens with zero attached hydrogens (tertiary/aromatic N) is 1. The van der Waals surface area contributed by atoms with E-state index in [0.717, 1.165) is 47.9 Å². The molecule has 0 atom stereocenters. The zero-order valence-electron chi connectivity index (χ0n) is 14.6. The van der Waals surface area contributed by atoms with Gasteiger partial charge in [-0.1, -0.05) is 36.4 Å². The lowest BCUT2D eigenvalue weighted by Gasteiger charge is -2.42. The number of aliphatic imine (C=N–C) groups is 1. The quantitative estimate of drug-likeness (QED) is 0.842. The molecule has 2 aliphatic rings. The molecule has 1 saturated heterocycles. The third-order valence-corrected chi connectivity index (χ3v) is 6.39. The molecule has 1 fully saturated rings. The fourth-order valence-electron chi connectivity index (χ4n) is 3.92. The molecule has 2 aromatic rings. The standard InChI is InChI=1S/C21H22N2O2S/c24-19(25)17-7-3-1-6-16(17)14-22-20-21(9-11-26-12-10-21)13-15-5-2-4-8-18(15)23-20/h1-8H,9-14H2,(H,22,23)(H,24,25). The van der Waals surface area contributed by atoms with Crippen molar-refractivity contribution >= 4 is 29.3 Å². The first-order chi connectivity index (χ1) is 12.7. The van der Waals surface area contributed by atoms with Crippen LogP contribution < -0.4 is 5.32 Å². The SMILES string of the molecule is O=C(O)c1ccccc1CN=C1Nc2ccccc2CC12CCSCC2. The molecule has 0 radical (unpaired) electrons. The van der Waals surface area contributed by atoms with Gasteiger partial charge in [-0.2, -0.15) is 11.8 Å². The second kappa shape index (κ2) is 7.16. The Kier molecular flexibility index (Phi) is 4.72. The Labute approximate surface area is 157 Å². The first kappa shape index (κ1) is 17.2. The number of carboxylic acid groups (broad SMARTS) is 1. The fourth-order valence-corrected chi connectivity index (χ4v) is 5.19. The number of fused-ring (bicyclic) bond motifs is 1. The average Bonchev–Trinajstić information content (AvgIpc) is 2.67. The number of hydrogen-bond donors (Lipinski definition) is 2. The highest BCUT2D eigenvalue weighted by Gasteiger charge is 2.41. The van der Waals surface area contributed by atoms with Crippen molar-refractivity contribution < 1.29 is 9.90 Å². The first-order valence-corrected chi connectivity index (χ1v) is 10.1. The maximum Gasteiger partial charge on any atom is 0.336 e. The van der Waals surface area contributed by atoms with Crippen LogP contribution in [0.25, 0.3) is 0 Å². The molecule has 0 amide bonds. The van der Waals surface area contributed by atoms with E-state index in [1.54, 1.807) is 12.1 Å². The summed E-state index contributed by atoms with van der Waals surface area (Å²) in [5.74, 6) is 2.42. The fraction of sp³-hybridized carbons (Fsp3) is 0.333. The molecular formula is C21H22N2O2S. The Morgan fingerprint density at radius 3 is 2.65 bits per heavy atom. The second-order valence-electron chi connectivity index (χ2n) is 6.98. The first-order valence-electron chi connectivity index (χ1n) is 8.97. The average molecular weight is 366 g/mol. The number of para-hydroxylation sites is 1. The summed E-state index contributed by atoms with van der Waals surface area (Å²) in [5.41, 5.74) is 3.62. The zero-order chi connectivity index (χ0) is 18.0. The van der Waals surface area contributed by atoms with Crippen LogP contribution in [0.2, 0.25) is 0 Å². The van der Waals surface area contributed by atoms with Crippen LogP contribution in [0.5, 0.6) is 0 Å². The van der Waals surface area contributed by atoms with Gasteiger partial charge in [-0.3, -0.25) is 4.99 Å². The van der Waals surface area contributed by atoms with Crippen LogP contribution >= 0.6 is 11.8 Å². The number of amidine groups is 1. The van der Waals surface area contributed by atoms with Gasteiger partial charge in [-0.05, 0) is 54.0 Å². The summed E-state index contributed by atoms with van der Waals surface area (Å²) in [6.07, 6.45) is 3.23. The molecule has 134 valence electrons. The molecule has 4 rings (SSSR count). The molecule has 1 spiro atoms. The molecule has 0 saturated carbocycles. The third kappa shape index (κ3) is 3.23. The normalized spacial score (nSPS) is 19.8. The van der Waals surface area contributed by atoms with Gasteiger partial charge in [0.1, 0.15) is 5.84 Å². The number of carbonyl (C=O) groups is 1. The van der Waals surface area contributed by atoms with E-state index in [9.17, 15) is 9.90 Å². The van der Waals surface area contributed by atoms with Crippen LogP contribution in [0.4, 0.5) is 5.69 Å². The maximum atomic E-state index is 11.5. The highest BCUT2D eigenvalue weighted by atomic mass is 32.2. The summed E-state index contributed by atoms with van der Waals surface area (Å²) in [4.78, 5) is 16.4. The highest BCUT2D eigenvalue weighted by molar-refractivity contribution is 7.99. The molecule has 0 unspecified atom stereocenters. The Hall–Kier alpha value is -2.27. The van der Waals surface area contributed by atoms with Crippen LogP contribution in [-0.4, -0.2) is 28.4 Å². The molecule has 0 aromatic heterocycles. The number of anilines is 1. The van der Waals surface area contributed by atoms with E-state index >= 15 is 0 Å². The van der Waals surface area contributed by atoms with Gasteiger partial charge in [-0.25, -0.2) is 4.79 Å². The molecule has 5 heteroatoms. The molecule has 26 heavy (non-hydrogen) atoms. The Morgan fingerprint density at radius 1 is 1.12 bits per heavy atom. The van der Waals surface area contributed by atoms with Crippen molar-refractivity contribution in [2.75, 3.05) is 16.8 Å². The predicted octanol–water partition coefficient (Wildman–Crippen LogP) is 4.46. The lowest BCUT2D eigenvalue weighted by Crippen LogP contribution is -2.44. The number of thioether (sulfide) groups is 1. The summed E-state index contributed by atoms with van der Waals surface area (Å²) in [6, 6.07) is 15.6. The van der Waals surface area contributed by atoms with E-state index in [-0.39, 0.29) is 5.41 Å². The lowest BCUT2D eigenvalue weighted by molar-refractivity contribution is 0.0695. The number of carboxylic acids is 1. The molecule has 2 N–H and O–H groups in total. The van der Waals surface area contributed by atoms with Crippen LogP contribution in [-0.2, 0) is 13.0 Å². The van der Waals surface area contributed by atoms with Crippen molar-refractivity contribution in [3.05, 3.63) is 65.2 Å². The van der Waals surface area contributed by atoms with Gasteiger partial charge in [0.25, 0.3) is 0 Å². The van der Waals surface area contributed by atoms with E-state index in [1.807, 2.05) is 30.0 Å². The zero-order valence-corrected chi connectivity index (χ0v) is 15.4. The molecule has 2 aliphatic heterocycles. The molecule has 2 heterocycles. The number of aromatic carboxylic acids is 1. The topological polar surface area (TPSA) is 61.7 Å². The number of hydrogen-bond acceptors (Lipinski definition) is 3. The Morgan fingerprint density at radius 2 is 1.85 bits per heavy atom. The van der Waals surface area contributed by atoms with Crippen molar-refractivity contribution in [1.82, 2.24) is 0 Å². The van der Waals surface area contributed by atoms with Crippen molar-refractivity contribution in [2.45, 2.75) is 25.8 Å². The van der Waals surface area contributed by atoms with Crippen LogP contribution in [0, 0.1) is 5.41 Å². The summed E-state index contributed by atoms with van der Waals surface area (Å²) in [7, 11) is 0. The van der Waals surface area contributed by atoms with Gasteiger partial charge in [0.15, 0.2) is 0 Å². The van der Waals surface area contributed by atoms with Crippen molar-refractivity contribution in [2.24, 2.45) is 10.4 Å². The Bertz CT molecular complexity index is 857. The van der Waals surface area contributed by atoms with Crippen LogP contribution in [0.15, 0.2) is 53.5 Å². The molecule has 0 bridgehead atoms. The monoisotopic (exact) mass is 366 g/mol. The number of rotatable bonds is 3. The van der Waals surface area contributed by atoms with Gasteiger partial charge in [0, 0.05) is 11.1 Å². The third-order valence-electron chi connectivity index (χ3n) is 5.41. The molecule has 0 aliphatic carbocycles. The summed E-state index contributed by atoms with van der Waals surface area (Å²) < 4.78 is 0. The van der Waals surface area contributed by atoms with E-state index in [0.29, 0.717) is 12.1 Å². The van der Waals surface area contributed by atoms with Gasteiger partial charge < -0.3 is 10.4 Å². The molecule has 2 aromatic carbocycles. The van der Waals surface area contributed by atoms with E-state index in [1.165, 1.54) is 5.56 Å².